The molecule has 0 saturated carbocycles. The lowest BCUT2D eigenvalue weighted by Gasteiger charge is -2.29. The van der Waals surface area contributed by atoms with Gasteiger partial charge in [-0.1, -0.05) is 30.3 Å². The smallest absolute Gasteiger partial charge is 0.481 e. The van der Waals surface area contributed by atoms with Gasteiger partial charge >= 0.3 is 42.5 Å². The second-order valence-electron chi connectivity index (χ2n) is 14.9. The van der Waals surface area contributed by atoms with Crippen LogP contribution in [0.2, 0.25) is 0 Å². The molecule has 1 aromatic rings. The van der Waals surface area contributed by atoms with Crippen molar-refractivity contribution >= 4 is 65.2 Å². The van der Waals surface area contributed by atoms with Gasteiger partial charge in [-0.05, 0) is 58.7 Å². The van der Waals surface area contributed by atoms with Crippen molar-refractivity contribution in [3.05, 3.63) is 35.9 Å². The van der Waals surface area contributed by atoms with Crippen molar-refractivity contribution in [2.45, 2.75) is 48.1 Å². The minimum atomic E-state index is -1.39. The third-order valence-electron chi connectivity index (χ3n) is 8.83. The van der Waals surface area contributed by atoms with E-state index in [1.165, 1.54) is 20.8 Å². The van der Waals surface area contributed by atoms with Crippen LogP contribution in [0.3, 0.4) is 0 Å². The van der Waals surface area contributed by atoms with Crippen LogP contribution >= 0.6 is 11.6 Å². The van der Waals surface area contributed by atoms with Gasteiger partial charge in [0.1, 0.15) is 86.9 Å². The summed E-state index contributed by atoms with van der Waals surface area (Å²) in [6, 6.07) is 9.37. The molecule has 23 heteroatoms. The lowest BCUT2D eigenvalue weighted by atomic mass is 9.88. The number of rotatable bonds is 9. The summed E-state index contributed by atoms with van der Waals surface area (Å²) in [5, 5.41) is 33.2. The molecule has 0 radical (unpaired) electrons. The Morgan fingerprint density at radius 2 is 0.950 bits per heavy atom. The Balaban J connectivity index is 0.000000385. The molecule has 0 aromatic heterocycles. The Labute approximate surface area is 348 Å². The van der Waals surface area contributed by atoms with Crippen LogP contribution < -0.4 is 0 Å². The Morgan fingerprint density at radius 3 is 1.23 bits per heavy atom. The maximum atomic E-state index is 11.9. The van der Waals surface area contributed by atoms with Crippen molar-refractivity contribution in [3.8, 4) is 0 Å². The fourth-order valence-electron chi connectivity index (χ4n) is 3.72. The maximum absolute atomic E-state index is 11.9. The number of halogens is 1. The van der Waals surface area contributed by atoms with Gasteiger partial charge in [0.05, 0.1) is 18.6 Å². The Bertz CT molecular complexity index is 1540. The lowest BCUT2D eigenvalue weighted by molar-refractivity contribution is -0.167. The van der Waals surface area contributed by atoms with Gasteiger partial charge in [-0.3, -0.25) is 24.0 Å². The van der Waals surface area contributed by atoms with Gasteiger partial charge < -0.3 is 63.1 Å². The summed E-state index contributed by atoms with van der Waals surface area (Å²) in [5.41, 5.74) is -4.02. The Kier molecular flexibility index (Phi) is 20.2. The fraction of sp³-hybridized carbons (Fsp3) is 0.595. The highest BCUT2D eigenvalue weighted by Gasteiger charge is 2.43. The van der Waals surface area contributed by atoms with E-state index in [0.29, 0.717) is 0 Å². The number of hydrogen-bond donors (Lipinski definition) is 4. The molecule has 0 spiro atoms. The largest absolute Gasteiger partial charge is 0.508 e. The number of aliphatic hydroxyl groups is 2. The second-order valence-corrected chi connectivity index (χ2v) is 15.3. The van der Waals surface area contributed by atoms with E-state index in [1.807, 2.05) is 30.3 Å². The van der Waals surface area contributed by atoms with Crippen molar-refractivity contribution < 1.29 is 106 Å². The predicted octanol–water partition coefficient (Wildman–Crippen LogP) is 2.88. The van der Waals surface area contributed by atoms with E-state index in [0.717, 1.165) is 5.56 Å². The van der Waals surface area contributed by atoms with Crippen LogP contribution in [0.1, 0.15) is 47.1 Å². The minimum Gasteiger partial charge on any atom is -0.481 e. The SMILES string of the molecule is CC(=O)C1(C)COC(=O)OC1.CC(CO)(CO)C(=O)O.CC1(C(=O)Cl)COC(=O)OC1.CC1(C(=O)O)COC(=O)OC1.CC1(C(=O)OCc2ccccc2)COC(=O)OC1. The van der Waals surface area contributed by atoms with Crippen molar-refractivity contribution in [3.63, 3.8) is 0 Å². The van der Waals surface area contributed by atoms with Gasteiger partial charge in [-0.15, -0.1) is 0 Å². The molecule has 22 nitrogen and oxygen atoms in total. The van der Waals surface area contributed by atoms with Crippen LogP contribution in [0.4, 0.5) is 19.2 Å². The fourth-order valence-corrected chi connectivity index (χ4v) is 3.83. The molecule has 4 saturated heterocycles. The molecule has 4 aliphatic heterocycles. The average molecular weight is 881 g/mol. The number of carboxylic acid groups (broad SMARTS) is 2. The number of carbonyl (C=O) groups excluding carboxylic acids is 7. The third kappa shape index (κ3) is 16.5. The second kappa shape index (κ2) is 23.2. The number of benzene rings is 1. The molecular formula is C37H49ClO22. The Morgan fingerprint density at radius 1 is 0.617 bits per heavy atom. The first kappa shape index (κ1) is 52.3. The molecule has 1 aromatic carbocycles. The molecule has 0 atom stereocenters. The van der Waals surface area contributed by atoms with E-state index in [9.17, 15) is 43.2 Å². The standard InChI is InChI=1S/C13H14O5.C7H10O4.C6H7ClO4.C6H8O5.C5H10O4/c1-13(8-17-12(15)18-9-13)11(14)16-7-10-5-3-2-4-6-10;1-5(8)7(2)3-10-6(9)11-4-7;2*1-6(4(7)8)2-10-5(9)11-3-6;1-5(2-6,3-7)4(8)9/h2-6H,7-9H2,1H3;3-4H2,1-2H3;2-3H2,1H3;2-3H2,1H3,(H,7,8);6-7H,2-3H2,1H3,(H,8,9). The predicted molar refractivity (Wildman–Crippen MR) is 197 cm³/mol. The molecule has 5 rings (SSSR count). The number of cyclic esters (lactones) is 8. The van der Waals surface area contributed by atoms with Gasteiger partial charge in [-0.2, -0.15) is 0 Å². The average Bonchev–Trinajstić information content (AvgIpc) is 3.22. The molecular weight excluding hydrogens is 832 g/mol. The molecule has 0 aliphatic carbocycles. The molecule has 4 N–H and O–H groups in total. The zero-order valence-corrected chi connectivity index (χ0v) is 34.4. The summed E-state index contributed by atoms with van der Waals surface area (Å²) < 4.78 is 41.6. The van der Waals surface area contributed by atoms with E-state index >= 15 is 0 Å². The maximum Gasteiger partial charge on any atom is 0.508 e. The number of carboxylic acids is 2. The first-order valence-corrected chi connectivity index (χ1v) is 18.0. The highest BCUT2D eigenvalue weighted by atomic mass is 35.5. The zero-order chi connectivity index (χ0) is 46.0. The number of carbonyl (C=O) groups is 9. The molecule has 0 amide bonds. The van der Waals surface area contributed by atoms with E-state index in [1.54, 1.807) is 20.8 Å². The van der Waals surface area contributed by atoms with Crippen LogP contribution in [-0.4, -0.2) is 140 Å². The number of aliphatic carboxylic acids is 2. The van der Waals surface area contributed by atoms with Crippen molar-refractivity contribution in [1.29, 1.82) is 0 Å². The molecule has 4 heterocycles. The highest BCUT2D eigenvalue weighted by Crippen LogP contribution is 2.26. The summed E-state index contributed by atoms with van der Waals surface area (Å²) in [4.78, 5) is 96.1. The molecule has 60 heavy (non-hydrogen) atoms. The van der Waals surface area contributed by atoms with Crippen molar-refractivity contribution in [2.24, 2.45) is 27.1 Å². The first-order chi connectivity index (χ1) is 27.8. The van der Waals surface area contributed by atoms with Gasteiger partial charge in [-0.25, -0.2) is 19.2 Å². The summed E-state index contributed by atoms with van der Waals surface area (Å²) in [6.45, 7) is 8.20. The van der Waals surface area contributed by atoms with Crippen LogP contribution in [-0.2, 0) is 73.2 Å². The van der Waals surface area contributed by atoms with Gasteiger partial charge in [0.2, 0.25) is 5.24 Å². The third-order valence-corrected chi connectivity index (χ3v) is 9.29. The molecule has 336 valence electrons. The topological polar surface area (TPSA) is 318 Å². The lowest BCUT2D eigenvalue weighted by Crippen LogP contribution is -2.44. The first-order valence-electron chi connectivity index (χ1n) is 17.6. The molecule has 4 aliphatic rings. The normalized spacial score (nSPS) is 18.9. The van der Waals surface area contributed by atoms with E-state index in [2.05, 4.69) is 28.4 Å². The number of ether oxygens (including phenoxy) is 9. The van der Waals surface area contributed by atoms with Crippen molar-refractivity contribution in [1.82, 2.24) is 0 Å². The van der Waals surface area contributed by atoms with Crippen LogP contribution in [0, 0.1) is 27.1 Å². The summed E-state index contributed by atoms with van der Waals surface area (Å²) in [5.74, 6) is -2.67. The number of esters is 1. The molecule has 4 fully saturated rings. The molecule has 0 unspecified atom stereocenters. The monoisotopic (exact) mass is 880 g/mol. The quantitative estimate of drug-likeness (QED) is 0.157. The number of Topliss-reactive ketones (excluding diaryl/α,β-unsaturated/α-hetero) is 1. The van der Waals surface area contributed by atoms with Crippen molar-refractivity contribution in [2.75, 3.05) is 66.1 Å². The van der Waals surface area contributed by atoms with Gasteiger partial charge in [0.15, 0.2) is 0 Å². The Hall–Kier alpha value is -5.74. The summed E-state index contributed by atoms with van der Waals surface area (Å²) >= 11 is 5.24. The number of ketones is 1. The minimum absolute atomic E-state index is 0.00579. The van der Waals surface area contributed by atoms with Gasteiger partial charge in [0.25, 0.3) is 0 Å². The van der Waals surface area contributed by atoms with Crippen LogP contribution in [0.5, 0.6) is 0 Å². The molecule has 0 bridgehead atoms. The van der Waals surface area contributed by atoms with E-state index in [4.69, 9.17) is 46.2 Å². The van der Waals surface area contributed by atoms with Gasteiger partial charge in [0, 0.05) is 0 Å². The summed E-state index contributed by atoms with van der Waals surface area (Å²) in [6.07, 6.45) is -2.99. The van der Waals surface area contributed by atoms with Crippen LogP contribution in [0.25, 0.3) is 0 Å². The zero-order valence-electron chi connectivity index (χ0n) is 33.7. The van der Waals surface area contributed by atoms with E-state index < -0.39 is 88.1 Å². The van der Waals surface area contributed by atoms with Crippen LogP contribution in [0.15, 0.2) is 30.3 Å². The summed E-state index contributed by atoms with van der Waals surface area (Å²) in [7, 11) is 0. The highest BCUT2D eigenvalue weighted by molar-refractivity contribution is 6.64. The van der Waals surface area contributed by atoms with E-state index in [-0.39, 0.29) is 65.2 Å². The number of hydrogen-bond acceptors (Lipinski definition) is 20. The number of aliphatic hydroxyl groups excluding tert-OH is 2.